The molecule has 0 aromatic carbocycles. The van der Waals surface area contributed by atoms with Crippen molar-refractivity contribution in [2.75, 3.05) is 0 Å². The summed E-state index contributed by atoms with van der Waals surface area (Å²) < 4.78 is 5.27. The van der Waals surface area contributed by atoms with Crippen molar-refractivity contribution in [2.24, 2.45) is 0 Å². The van der Waals surface area contributed by atoms with Crippen LogP contribution in [0.2, 0.25) is 0 Å². The van der Waals surface area contributed by atoms with Crippen molar-refractivity contribution in [1.82, 2.24) is 0 Å². The zero-order valence-electron chi connectivity index (χ0n) is 5.11. The molecule has 0 radical (unpaired) electrons. The molecule has 0 unspecified atom stereocenters. The highest BCUT2D eigenvalue weighted by atomic mass is 127. The molecule has 0 N–H and O–H groups in total. The van der Waals surface area contributed by atoms with Crippen LogP contribution in [0, 0.1) is 0 Å². The van der Waals surface area contributed by atoms with E-state index in [0.29, 0.717) is 0 Å². The third-order valence-electron chi connectivity index (χ3n) is 1.85. The molecular formula is C6H11IO. The topological polar surface area (TPSA) is 9.23 Å². The summed E-state index contributed by atoms with van der Waals surface area (Å²) >= 11 is 2.01. The van der Waals surface area contributed by atoms with Crippen LogP contribution in [0.5, 0.6) is 0 Å². The molecule has 8 heavy (non-hydrogen) atoms. The van der Waals surface area contributed by atoms with Gasteiger partial charge in [0.05, 0.1) is 5.60 Å². The van der Waals surface area contributed by atoms with Gasteiger partial charge >= 0.3 is 0 Å². The minimum absolute atomic E-state index is 0.223. The summed E-state index contributed by atoms with van der Waals surface area (Å²) in [6, 6.07) is 0. The molecule has 0 amide bonds. The molecule has 1 rings (SSSR count). The number of hydrogen-bond acceptors (Lipinski definition) is 1. The van der Waals surface area contributed by atoms with E-state index in [2.05, 4.69) is 6.92 Å². The molecule has 0 aromatic heterocycles. The van der Waals surface area contributed by atoms with Crippen LogP contribution in [0.15, 0.2) is 0 Å². The van der Waals surface area contributed by atoms with E-state index in [1.165, 1.54) is 25.7 Å². The maximum Gasteiger partial charge on any atom is 0.110 e. The second kappa shape index (κ2) is 2.52. The number of hydrogen-bond donors (Lipinski definition) is 0. The molecule has 1 saturated carbocycles. The van der Waals surface area contributed by atoms with E-state index in [1.54, 1.807) is 0 Å². The first-order chi connectivity index (χ1) is 3.77. The highest BCUT2D eigenvalue weighted by Crippen LogP contribution is 2.33. The second-order valence-corrected chi connectivity index (χ2v) is 3.17. The van der Waals surface area contributed by atoms with Gasteiger partial charge < -0.3 is 3.07 Å². The summed E-state index contributed by atoms with van der Waals surface area (Å²) in [4.78, 5) is 0. The SMILES string of the molecule is CC1(OI)CCCC1. The van der Waals surface area contributed by atoms with E-state index in [1.807, 2.05) is 23.0 Å². The average molecular weight is 226 g/mol. The van der Waals surface area contributed by atoms with Gasteiger partial charge in [-0.1, -0.05) is 12.8 Å². The summed E-state index contributed by atoms with van der Waals surface area (Å²) in [5.41, 5.74) is 0.223. The Morgan fingerprint density at radius 1 is 1.38 bits per heavy atom. The summed E-state index contributed by atoms with van der Waals surface area (Å²) in [5, 5.41) is 0. The van der Waals surface area contributed by atoms with Crippen LogP contribution < -0.4 is 0 Å². The van der Waals surface area contributed by atoms with E-state index in [9.17, 15) is 0 Å². The van der Waals surface area contributed by atoms with Gasteiger partial charge in [0.1, 0.15) is 23.0 Å². The minimum atomic E-state index is 0.223. The lowest BCUT2D eigenvalue weighted by molar-refractivity contribution is 0.159. The Morgan fingerprint density at radius 2 is 1.88 bits per heavy atom. The molecule has 0 aromatic rings. The highest BCUT2D eigenvalue weighted by molar-refractivity contribution is 14.1. The van der Waals surface area contributed by atoms with Gasteiger partial charge in [-0.25, -0.2) is 0 Å². The minimum Gasteiger partial charge on any atom is -0.309 e. The highest BCUT2D eigenvalue weighted by Gasteiger charge is 2.28. The Labute approximate surface area is 64.5 Å². The summed E-state index contributed by atoms with van der Waals surface area (Å²) in [6.07, 6.45) is 5.19. The second-order valence-electron chi connectivity index (χ2n) is 2.73. The third-order valence-corrected chi connectivity index (χ3v) is 2.91. The Hall–Kier alpha value is 0.690. The predicted octanol–water partition coefficient (Wildman–Crippen LogP) is 2.69. The van der Waals surface area contributed by atoms with Crippen LogP contribution >= 0.6 is 23.0 Å². The zero-order chi connectivity index (χ0) is 6.04. The van der Waals surface area contributed by atoms with Gasteiger partial charge in [-0.2, -0.15) is 0 Å². The van der Waals surface area contributed by atoms with E-state index in [-0.39, 0.29) is 5.60 Å². The molecule has 0 bridgehead atoms. The maximum atomic E-state index is 5.27. The number of rotatable bonds is 1. The molecule has 1 aliphatic rings. The standard InChI is InChI=1S/C6H11IO/c1-6(8-7)4-2-3-5-6/h2-5H2,1H3. The average Bonchev–Trinajstić information content (AvgIpc) is 2.17. The molecule has 0 spiro atoms. The molecular weight excluding hydrogens is 215 g/mol. The molecule has 0 aliphatic heterocycles. The molecule has 48 valence electrons. The van der Waals surface area contributed by atoms with Gasteiger partial charge in [-0.05, 0) is 19.8 Å². The van der Waals surface area contributed by atoms with E-state index in [0.717, 1.165) is 0 Å². The normalized spacial score (nSPS) is 26.2. The van der Waals surface area contributed by atoms with Crippen molar-refractivity contribution in [3.63, 3.8) is 0 Å². The Balaban J connectivity index is 2.40. The molecule has 0 heterocycles. The molecule has 1 aliphatic carbocycles. The first-order valence-corrected chi connectivity index (χ1v) is 3.95. The van der Waals surface area contributed by atoms with Gasteiger partial charge in [0.15, 0.2) is 0 Å². The van der Waals surface area contributed by atoms with Gasteiger partial charge in [0, 0.05) is 0 Å². The number of halogens is 1. The van der Waals surface area contributed by atoms with Crippen molar-refractivity contribution in [2.45, 2.75) is 38.2 Å². The van der Waals surface area contributed by atoms with Crippen LogP contribution in [0.3, 0.4) is 0 Å². The molecule has 1 fully saturated rings. The van der Waals surface area contributed by atoms with E-state index < -0.39 is 0 Å². The van der Waals surface area contributed by atoms with Crippen molar-refractivity contribution in [3.8, 4) is 0 Å². The molecule has 0 atom stereocenters. The van der Waals surface area contributed by atoms with Crippen LogP contribution in [-0.4, -0.2) is 5.60 Å². The third kappa shape index (κ3) is 1.35. The monoisotopic (exact) mass is 226 g/mol. The lowest BCUT2D eigenvalue weighted by Gasteiger charge is -2.18. The van der Waals surface area contributed by atoms with Crippen molar-refractivity contribution in [1.29, 1.82) is 0 Å². The first-order valence-electron chi connectivity index (χ1n) is 3.07. The lowest BCUT2D eigenvalue weighted by atomic mass is 10.1. The summed E-state index contributed by atoms with van der Waals surface area (Å²) in [6.45, 7) is 2.19. The van der Waals surface area contributed by atoms with Crippen LogP contribution in [0.4, 0.5) is 0 Å². The predicted molar refractivity (Wildman–Crippen MR) is 42.0 cm³/mol. The van der Waals surface area contributed by atoms with Crippen molar-refractivity contribution >= 4 is 23.0 Å². The first kappa shape index (κ1) is 6.81. The molecule has 2 heteroatoms. The van der Waals surface area contributed by atoms with Gasteiger partial charge in [0.2, 0.25) is 0 Å². The molecule has 0 saturated heterocycles. The summed E-state index contributed by atoms with van der Waals surface area (Å²) in [7, 11) is 0. The fraction of sp³-hybridized carbons (Fsp3) is 1.00. The van der Waals surface area contributed by atoms with E-state index >= 15 is 0 Å². The summed E-state index contributed by atoms with van der Waals surface area (Å²) in [5.74, 6) is 0. The smallest absolute Gasteiger partial charge is 0.110 e. The Kier molecular flexibility index (Phi) is 2.14. The van der Waals surface area contributed by atoms with Gasteiger partial charge in [-0.3, -0.25) is 0 Å². The maximum absolute atomic E-state index is 5.27. The van der Waals surface area contributed by atoms with Gasteiger partial charge in [0.25, 0.3) is 0 Å². The Bertz CT molecular complexity index is 76.6. The largest absolute Gasteiger partial charge is 0.309 e. The zero-order valence-corrected chi connectivity index (χ0v) is 7.27. The van der Waals surface area contributed by atoms with E-state index in [4.69, 9.17) is 3.07 Å². The Morgan fingerprint density at radius 3 is 2.12 bits per heavy atom. The lowest BCUT2D eigenvalue weighted by Crippen LogP contribution is -2.18. The van der Waals surface area contributed by atoms with Gasteiger partial charge in [-0.15, -0.1) is 0 Å². The molecule has 1 nitrogen and oxygen atoms in total. The van der Waals surface area contributed by atoms with Crippen LogP contribution in [0.25, 0.3) is 0 Å². The van der Waals surface area contributed by atoms with Crippen LogP contribution in [-0.2, 0) is 3.07 Å². The fourth-order valence-electron chi connectivity index (χ4n) is 1.20. The fourth-order valence-corrected chi connectivity index (χ4v) is 1.64. The van der Waals surface area contributed by atoms with Crippen molar-refractivity contribution < 1.29 is 3.07 Å². The van der Waals surface area contributed by atoms with Crippen molar-refractivity contribution in [3.05, 3.63) is 0 Å². The van der Waals surface area contributed by atoms with Crippen LogP contribution in [0.1, 0.15) is 32.6 Å². The quantitative estimate of drug-likeness (QED) is 0.624.